The Kier molecular flexibility index (Phi) is 4.87. The molecule has 1 aliphatic carbocycles. The average molecular weight is 318 g/mol. The molecule has 3 rings (SSSR count). The summed E-state index contributed by atoms with van der Waals surface area (Å²) in [4.78, 5) is 7.29. The van der Waals surface area contributed by atoms with E-state index < -0.39 is 0 Å². The van der Waals surface area contributed by atoms with Crippen LogP contribution in [0.2, 0.25) is 0 Å². The number of hydrogen-bond donors (Lipinski definition) is 1. The van der Waals surface area contributed by atoms with Crippen molar-refractivity contribution in [2.24, 2.45) is 23.9 Å². The first kappa shape index (κ1) is 16.3. The number of hydrogen-bond acceptors (Lipinski definition) is 3. The Bertz CT molecular complexity index is 557. The van der Waals surface area contributed by atoms with E-state index >= 15 is 0 Å². The molecule has 0 bridgehead atoms. The second-order valence-corrected chi connectivity index (χ2v) is 7.51. The standard InChI is InChI=1S/C17H30N6/c1-12(2)9-14-7-8-23(11-14)17(19-15-5-6-15)18-10-16-21-20-13(3)22(16)4/h12,14-15H,5-11H2,1-4H3,(H,18,19). The maximum absolute atomic E-state index is 4.85. The van der Waals surface area contributed by atoms with Gasteiger partial charge in [-0.25, -0.2) is 4.99 Å². The van der Waals surface area contributed by atoms with Crippen LogP contribution in [0, 0.1) is 18.8 Å². The SMILES string of the molecule is Cc1nnc(CN=C(NC2CC2)N2CCC(CC(C)C)C2)n1C. The van der Waals surface area contributed by atoms with Crippen LogP contribution in [0.5, 0.6) is 0 Å². The van der Waals surface area contributed by atoms with E-state index in [4.69, 9.17) is 4.99 Å². The Labute approximate surface area is 139 Å². The number of nitrogens with zero attached hydrogens (tertiary/aromatic N) is 5. The molecule has 6 heteroatoms. The molecule has 1 N–H and O–H groups in total. The molecule has 1 atom stereocenters. The maximum atomic E-state index is 4.85. The maximum Gasteiger partial charge on any atom is 0.194 e. The third kappa shape index (κ3) is 4.24. The van der Waals surface area contributed by atoms with Crippen LogP contribution in [-0.2, 0) is 13.6 Å². The smallest absolute Gasteiger partial charge is 0.194 e. The minimum atomic E-state index is 0.595. The summed E-state index contributed by atoms with van der Waals surface area (Å²) in [5.74, 6) is 4.51. The van der Waals surface area contributed by atoms with Gasteiger partial charge in [0.2, 0.25) is 0 Å². The summed E-state index contributed by atoms with van der Waals surface area (Å²) in [6, 6.07) is 0.624. The summed E-state index contributed by atoms with van der Waals surface area (Å²) >= 11 is 0. The third-order valence-corrected chi connectivity index (χ3v) is 4.85. The van der Waals surface area contributed by atoms with Crippen molar-refractivity contribution in [1.29, 1.82) is 0 Å². The number of aromatic nitrogens is 3. The van der Waals surface area contributed by atoms with Gasteiger partial charge >= 0.3 is 0 Å². The van der Waals surface area contributed by atoms with Crippen LogP contribution in [0.3, 0.4) is 0 Å². The van der Waals surface area contributed by atoms with Crippen LogP contribution in [0.15, 0.2) is 4.99 Å². The number of rotatable bonds is 5. The summed E-state index contributed by atoms with van der Waals surface area (Å²) < 4.78 is 2.02. The highest BCUT2D eigenvalue weighted by Gasteiger charge is 2.29. The lowest BCUT2D eigenvalue weighted by Crippen LogP contribution is -2.41. The van der Waals surface area contributed by atoms with Gasteiger partial charge in [-0.1, -0.05) is 13.8 Å². The van der Waals surface area contributed by atoms with E-state index in [0.717, 1.165) is 42.5 Å². The van der Waals surface area contributed by atoms with Crippen LogP contribution >= 0.6 is 0 Å². The van der Waals surface area contributed by atoms with Crippen LogP contribution in [0.4, 0.5) is 0 Å². The van der Waals surface area contributed by atoms with E-state index in [1.807, 2.05) is 18.5 Å². The van der Waals surface area contributed by atoms with E-state index in [-0.39, 0.29) is 0 Å². The van der Waals surface area contributed by atoms with Crippen molar-refractivity contribution in [2.75, 3.05) is 13.1 Å². The molecular weight excluding hydrogens is 288 g/mol. The average Bonchev–Trinajstić information content (AvgIpc) is 3.12. The molecule has 1 aromatic rings. The molecule has 2 fully saturated rings. The molecule has 0 aromatic carbocycles. The van der Waals surface area contributed by atoms with Gasteiger partial charge in [0.25, 0.3) is 0 Å². The lowest BCUT2D eigenvalue weighted by molar-refractivity contribution is 0.403. The molecule has 0 amide bonds. The topological polar surface area (TPSA) is 58.3 Å². The Hall–Kier alpha value is -1.59. The van der Waals surface area contributed by atoms with Gasteiger partial charge in [0.15, 0.2) is 11.8 Å². The minimum Gasteiger partial charge on any atom is -0.353 e. The van der Waals surface area contributed by atoms with Crippen LogP contribution in [-0.4, -0.2) is 44.8 Å². The Balaban J connectivity index is 1.65. The highest BCUT2D eigenvalue weighted by atomic mass is 15.3. The Morgan fingerprint density at radius 1 is 1.30 bits per heavy atom. The first-order valence-corrected chi connectivity index (χ1v) is 8.93. The molecular formula is C17H30N6. The van der Waals surface area contributed by atoms with Crippen LogP contribution in [0.1, 0.15) is 51.2 Å². The lowest BCUT2D eigenvalue weighted by atomic mass is 9.97. The number of aliphatic imine (C=N–C) groups is 1. The van der Waals surface area contributed by atoms with Crippen LogP contribution in [0.25, 0.3) is 0 Å². The fourth-order valence-electron chi connectivity index (χ4n) is 3.27. The minimum absolute atomic E-state index is 0.595. The van der Waals surface area contributed by atoms with Crippen molar-refractivity contribution in [2.45, 2.75) is 59.0 Å². The normalized spacial score (nSPS) is 22.2. The van der Waals surface area contributed by atoms with Crippen molar-refractivity contribution < 1.29 is 0 Å². The molecule has 6 nitrogen and oxygen atoms in total. The molecule has 1 aliphatic heterocycles. The summed E-state index contributed by atoms with van der Waals surface area (Å²) in [7, 11) is 2.00. The van der Waals surface area contributed by atoms with Crippen molar-refractivity contribution in [3.63, 3.8) is 0 Å². The summed E-state index contributed by atoms with van der Waals surface area (Å²) in [6.07, 6.45) is 5.14. The fourth-order valence-corrected chi connectivity index (χ4v) is 3.27. The number of nitrogens with one attached hydrogen (secondary N) is 1. The van der Waals surface area contributed by atoms with Crippen molar-refractivity contribution in [3.8, 4) is 0 Å². The molecule has 2 aliphatic rings. The predicted octanol–water partition coefficient (Wildman–Crippen LogP) is 2.10. The molecule has 2 heterocycles. The zero-order valence-electron chi connectivity index (χ0n) is 14.9. The van der Waals surface area contributed by atoms with Gasteiger partial charge in [0.1, 0.15) is 12.4 Å². The van der Waals surface area contributed by atoms with E-state index in [0.29, 0.717) is 12.6 Å². The van der Waals surface area contributed by atoms with E-state index in [1.165, 1.54) is 25.7 Å². The predicted molar refractivity (Wildman–Crippen MR) is 92.2 cm³/mol. The molecule has 1 unspecified atom stereocenters. The van der Waals surface area contributed by atoms with Gasteiger partial charge in [-0.2, -0.15) is 0 Å². The highest BCUT2D eigenvalue weighted by Crippen LogP contribution is 2.25. The molecule has 0 spiro atoms. The Morgan fingerprint density at radius 2 is 2.09 bits per heavy atom. The van der Waals surface area contributed by atoms with E-state index in [2.05, 4.69) is 34.3 Å². The molecule has 1 saturated carbocycles. The number of guanidine groups is 1. The Morgan fingerprint density at radius 3 is 2.70 bits per heavy atom. The molecule has 1 saturated heterocycles. The molecule has 1 aromatic heterocycles. The fraction of sp³-hybridized carbons (Fsp3) is 0.824. The second kappa shape index (κ2) is 6.89. The monoisotopic (exact) mass is 318 g/mol. The van der Waals surface area contributed by atoms with Crippen molar-refractivity contribution in [1.82, 2.24) is 25.0 Å². The van der Waals surface area contributed by atoms with Crippen molar-refractivity contribution in [3.05, 3.63) is 11.6 Å². The number of likely N-dealkylation sites (tertiary alicyclic amines) is 1. The summed E-state index contributed by atoms with van der Waals surface area (Å²) in [6.45, 7) is 9.45. The highest BCUT2D eigenvalue weighted by molar-refractivity contribution is 5.80. The van der Waals surface area contributed by atoms with Gasteiger partial charge in [-0.3, -0.25) is 0 Å². The van der Waals surface area contributed by atoms with Crippen LogP contribution < -0.4 is 5.32 Å². The van der Waals surface area contributed by atoms with Gasteiger partial charge < -0.3 is 14.8 Å². The first-order valence-electron chi connectivity index (χ1n) is 8.93. The van der Waals surface area contributed by atoms with E-state index in [1.54, 1.807) is 0 Å². The first-order chi connectivity index (χ1) is 11.0. The summed E-state index contributed by atoms with van der Waals surface area (Å²) in [5.41, 5.74) is 0. The van der Waals surface area contributed by atoms with Gasteiger partial charge in [0, 0.05) is 26.2 Å². The molecule has 23 heavy (non-hydrogen) atoms. The van der Waals surface area contributed by atoms with E-state index in [9.17, 15) is 0 Å². The lowest BCUT2D eigenvalue weighted by Gasteiger charge is -2.22. The van der Waals surface area contributed by atoms with Gasteiger partial charge in [0.05, 0.1) is 0 Å². The zero-order chi connectivity index (χ0) is 16.4. The molecule has 128 valence electrons. The van der Waals surface area contributed by atoms with Crippen molar-refractivity contribution >= 4 is 5.96 Å². The quantitative estimate of drug-likeness (QED) is 0.667. The largest absolute Gasteiger partial charge is 0.353 e. The summed E-state index contributed by atoms with van der Waals surface area (Å²) in [5, 5.41) is 12.0. The zero-order valence-corrected chi connectivity index (χ0v) is 14.9. The second-order valence-electron chi connectivity index (χ2n) is 7.51. The third-order valence-electron chi connectivity index (χ3n) is 4.85. The van der Waals surface area contributed by atoms with Gasteiger partial charge in [-0.05, 0) is 44.4 Å². The number of aryl methyl sites for hydroxylation is 1. The van der Waals surface area contributed by atoms with Gasteiger partial charge in [-0.15, -0.1) is 10.2 Å². The molecule has 0 radical (unpaired) electrons.